The van der Waals surface area contributed by atoms with E-state index in [1.54, 1.807) is 32.2 Å². The second-order valence-electron chi connectivity index (χ2n) is 11.8. The molecule has 0 unspecified atom stereocenters. The molecule has 216 valence electrons. The fourth-order valence-electron chi connectivity index (χ4n) is 4.57. The Morgan fingerprint density at radius 3 is 2.23 bits per heavy atom. The summed E-state index contributed by atoms with van der Waals surface area (Å²) < 4.78 is 37.5. The van der Waals surface area contributed by atoms with E-state index in [1.807, 2.05) is 34.6 Å². The van der Waals surface area contributed by atoms with Crippen molar-refractivity contribution in [1.82, 2.24) is 10.3 Å². The standard InChI is InChI=1S/C28H41N3O6S2/c1-17(2)36-26(32)30-20-10-8-19(9-11-20)25-29-15-23(38-25)22-13-12-21(31-27(33)37-18(3)4)14-24(22)39(34,35)16-28(5,6)7/h12-15,17-20H,8-11,16H2,1-7H3,(H,30,32)(H,31,33). The first-order valence-corrected chi connectivity index (χ1v) is 15.9. The van der Waals surface area contributed by atoms with Gasteiger partial charge in [0.2, 0.25) is 0 Å². The first-order valence-electron chi connectivity index (χ1n) is 13.4. The number of carbonyl (C=O) groups is 2. The molecule has 2 N–H and O–H groups in total. The van der Waals surface area contributed by atoms with E-state index in [4.69, 9.17) is 9.47 Å². The number of benzene rings is 1. The van der Waals surface area contributed by atoms with E-state index in [0.29, 0.717) is 11.3 Å². The summed E-state index contributed by atoms with van der Waals surface area (Å²) in [4.78, 5) is 29.7. The second-order valence-corrected chi connectivity index (χ2v) is 14.8. The SMILES string of the molecule is CC(C)OC(=O)Nc1ccc(-c2cnc(C3CCC(NC(=O)OC(C)C)CC3)s2)c(S(=O)(=O)CC(C)(C)C)c1. The van der Waals surface area contributed by atoms with Crippen LogP contribution in [0.2, 0.25) is 0 Å². The molecule has 0 saturated heterocycles. The summed E-state index contributed by atoms with van der Waals surface area (Å²) in [6, 6.07) is 4.98. The molecule has 3 rings (SSSR count). The third-order valence-corrected chi connectivity index (χ3v) is 9.51. The van der Waals surface area contributed by atoms with Crippen molar-refractivity contribution in [2.75, 3.05) is 11.1 Å². The van der Waals surface area contributed by atoms with E-state index in [0.717, 1.165) is 35.6 Å². The Balaban J connectivity index is 1.82. The average Bonchev–Trinajstić information content (AvgIpc) is 3.27. The van der Waals surface area contributed by atoms with Crippen LogP contribution in [0.4, 0.5) is 15.3 Å². The number of hydrogen-bond acceptors (Lipinski definition) is 8. The predicted octanol–water partition coefficient (Wildman–Crippen LogP) is 6.75. The van der Waals surface area contributed by atoms with Gasteiger partial charge in [0.15, 0.2) is 9.84 Å². The highest BCUT2D eigenvalue weighted by Crippen LogP contribution is 2.40. The van der Waals surface area contributed by atoms with Crippen molar-refractivity contribution in [2.24, 2.45) is 5.41 Å². The third kappa shape index (κ3) is 9.20. The van der Waals surface area contributed by atoms with Crippen molar-refractivity contribution < 1.29 is 27.5 Å². The highest BCUT2D eigenvalue weighted by atomic mass is 32.2. The van der Waals surface area contributed by atoms with Gasteiger partial charge in [0.05, 0.1) is 32.7 Å². The molecule has 2 amide bonds. The lowest BCUT2D eigenvalue weighted by atomic mass is 9.86. The molecule has 0 aliphatic heterocycles. The minimum atomic E-state index is -3.69. The summed E-state index contributed by atoms with van der Waals surface area (Å²) in [5.74, 6) is 0.193. The first kappa shape index (κ1) is 30.9. The summed E-state index contributed by atoms with van der Waals surface area (Å²) >= 11 is 1.49. The van der Waals surface area contributed by atoms with Crippen LogP contribution < -0.4 is 10.6 Å². The number of carbonyl (C=O) groups excluding carboxylic acids is 2. The molecule has 1 aromatic heterocycles. The normalized spacial score (nSPS) is 18.2. The number of anilines is 1. The molecule has 0 radical (unpaired) electrons. The molecular weight excluding hydrogens is 538 g/mol. The molecule has 1 aliphatic rings. The molecule has 39 heavy (non-hydrogen) atoms. The van der Waals surface area contributed by atoms with Gasteiger partial charge >= 0.3 is 12.2 Å². The van der Waals surface area contributed by atoms with Gasteiger partial charge in [-0.2, -0.15) is 0 Å². The molecule has 9 nitrogen and oxygen atoms in total. The Labute approximate surface area is 236 Å². The van der Waals surface area contributed by atoms with Crippen molar-refractivity contribution in [3.05, 3.63) is 29.4 Å². The van der Waals surface area contributed by atoms with Crippen LogP contribution in [-0.4, -0.2) is 49.6 Å². The van der Waals surface area contributed by atoms with Crippen LogP contribution >= 0.6 is 11.3 Å². The van der Waals surface area contributed by atoms with Crippen LogP contribution in [0.3, 0.4) is 0 Å². The largest absolute Gasteiger partial charge is 0.447 e. The minimum absolute atomic E-state index is 0.0468. The van der Waals surface area contributed by atoms with Crippen molar-refractivity contribution in [1.29, 1.82) is 0 Å². The second kappa shape index (κ2) is 12.7. The summed E-state index contributed by atoms with van der Waals surface area (Å²) in [6.07, 6.45) is 3.63. The van der Waals surface area contributed by atoms with Gasteiger partial charge in [-0.15, -0.1) is 11.3 Å². The van der Waals surface area contributed by atoms with Gasteiger partial charge in [0, 0.05) is 29.4 Å². The van der Waals surface area contributed by atoms with E-state index in [9.17, 15) is 18.0 Å². The maximum absolute atomic E-state index is 13.6. The van der Waals surface area contributed by atoms with Gasteiger partial charge in [0.1, 0.15) is 0 Å². The van der Waals surface area contributed by atoms with Gasteiger partial charge in [-0.1, -0.05) is 26.8 Å². The van der Waals surface area contributed by atoms with Crippen LogP contribution in [0.1, 0.15) is 85.1 Å². The van der Waals surface area contributed by atoms with Gasteiger partial charge in [-0.3, -0.25) is 5.32 Å². The molecule has 2 aromatic rings. The number of thiazole rings is 1. The van der Waals surface area contributed by atoms with Crippen molar-refractivity contribution in [3.63, 3.8) is 0 Å². The molecule has 1 heterocycles. The number of ether oxygens (including phenoxy) is 2. The Morgan fingerprint density at radius 1 is 1.03 bits per heavy atom. The number of rotatable bonds is 8. The van der Waals surface area contributed by atoms with Gasteiger partial charge in [0.25, 0.3) is 0 Å². The van der Waals surface area contributed by atoms with Crippen LogP contribution in [0.5, 0.6) is 0 Å². The molecule has 1 aromatic carbocycles. The Hall–Kier alpha value is -2.66. The van der Waals surface area contributed by atoms with E-state index < -0.39 is 21.3 Å². The van der Waals surface area contributed by atoms with Crippen LogP contribution in [0.15, 0.2) is 29.3 Å². The summed E-state index contributed by atoms with van der Waals surface area (Å²) in [6.45, 7) is 12.8. The molecule has 0 bridgehead atoms. The summed E-state index contributed by atoms with van der Waals surface area (Å²) in [5, 5.41) is 6.53. The zero-order valence-electron chi connectivity index (χ0n) is 23.9. The Morgan fingerprint density at radius 2 is 1.64 bits per heavy atom. The topological polar surface area (TPSA) is 124 Å². The minimum Gasteiger partial charge on any atom is -0.447 e. The average molecular weight is 580 g/mol. The maximum Gasteiger partial charge on any atom is 0.411 e. The fourth-order valence-corrected chi connectivity index (χ4v) is 7.88. The lowest BCUT2D eigenvalue weighted by Gasteiger charge is -2.28. The fraction of sp³-hybridized carbons (Fsp3) is 0.607. The zero-order chi connectivity index (χ0) is 29.0. The lowest BCUT2D eigenvalue weighted by molar-refractivity contribution is 0.109. The number of alkyl carbamates (subject to hydrolysis) is 1. The van der Waals surface area contributed by atoms with Crippen LogP contribution in [0, 0.1) is 5.41 Å². The maximum atomic E-state index is 13.6. The number of amides is 2. The van der Waals surface area contributed by atoms with E-state index in [-0.39, 0.29) is 40.9 Å². The van der Waals surface area contributed by atoms with E-state index in [2.05, 4.69) is 15.6 Å². The smallest absolute Gasteiger partial charge is 0.411 e. The number of nitrogens with one attached hydrogen (secondary N) is 2. The highest BCUT2D eigenvalue weighted by Gasteiger charge is 2.29. The Kier molecular flexibility index (Phi) is 10.0. The molecular formula is C28H41N3O6S2. The summed E-state index contributed by atoms with van der Waals surface area (Å²) in [5.41, 5.74) is 0.462. The predicted molar refractivity (Wildman–Crippen MR) is 154 cm³/mol. The lowest BCUT2D eigenvalue weighted by Crippen LogP contribution is -2.38. The number of aromatic nitrogens is 1. The van der Waals surface area contributed by atoms with Crippen molar-refractivity contribution >= 4 is 39.0 Å². The van der Waals surface area contributed by atoms with Gasteiger partial charge < -0.3 is 14.8 Å². The molecule has 1 saturated carbocycles. The molecule has 1 aliphatic carbocycles. The Bertz CT molecular complexity index is 1260. The number of sulfone groups is 1. The molecule has 1 fully saturated rings. The van der Waals surface area contributed by atoms with Crippen molar-refractivity contribution in [2.45, 2.75) is 103 Å². The molecule has 11 heteroatoms. The van der Waals surface area contributed by atoms with Gasteiger partial charge in [-0.25, -0.2) is 23.0 Å². The van der Waals surface area contributed by atoms with Crippen LogP contribution in [-0.2, 0) is 19.3 Å². The van der Waals surface area contributed by atoms with Crippen LogP contribution in [0.25, 0.3) is 10.4 Å². The highest BCUT2D eigenvalue weighted by molar-refractivity contribution is 7.91. The van der Waals surface area contributed by atoms with Gasteiger partial charge in [-0.05, 0) is 70.9 Å². The monoisotopic (exact) mass is 579 g/mol. The van der Waals surface area contributed by atoms with E-state index >= 15 is 0 Å². The molecule has 0 spiro atoms. The number of hydrogen-bond donors (Lipinski definition) is 2. The summed E-state index contributed by atoms with van der Waals surface area (Å²) in [7, 11) is -3.69. The quantitative estimate of drug-likeness (QED) is 0.355. The van der Waals surface area contributed by atoms with E-state index in [1.165, 1.54) is 17.4 Å². The number of nitrogens with zero attached hydrogens (tertiary/aromatic N) is 1. The first-order chi connectivity index (χ1) is 18.1. The third-order valence-electron chi connectivity index (χ3n) is 6.06. The van der Waals surface area contributed by atoms with Crippen molar-refractivity contribution in [3.8, 4) is 10.4 Å². The zero-order valence-corrected chi connectivity index (χ0v) is 25.5. The molecule has 0 atom stereocenters.